The molecule has 0 aliphatic carbocycles. The Hall–Kier alpha value is -2.11. The van der Waals surface area contributed by atoms with Gasteiger partial charge in [0.2, 0.25) is 0 Å². The van der Waals surface area contributed by atoms with Gasteiger partial charge >= 0.3 is 0 Å². The molecule has 3 heterocycles. The molecule has 4 nitrogen and oxygen atoms in total. The SMILES string of the molecule is Clc1ccc(SCc2cc(N3CCCCC3)nc(-c3ccccn3)n2)cc1. The number of anilines is 1. The number of thioether (sulfide) groups is 1. The monoisotopic (exact) mass is 396 g/mol. The molecule has 1 fully saturated rings. The van der Waals surface area contributed by atoms with E-state index in [9.17, 15) is 0 Å². The number of rotatable bonds is 5. The van der Waals surface area contributed by atoms with Crippen LogP contribution in [0.4, 0.5) is 5.82 Å². The Balaban J connectivity index is 1.61. The van der Waals surface area contributed by atoms with Gasteiger partial charge in [0.05, 0.1) is 5.69 Å². The molecule has 2 aromatic heterocycles. The fourth-order valence-electron chi connectivity index (χ4n) is 3.14. The highest BCUT2D eigenvalue weighted by atomic mass is 35.5. The molecule has 1 aliphatic heterocycles. The van der Waals surface area contributed by atoms with E-state index in [4.69, 9.17) is 21.6 Å². The number of nitrogens with zero attached hydrogens (tertiary/aromatic N) is 4. The number of piperidine rings is 1. The molecule has 0 radical (unpaired) electrons. The van der Waals surface area contributed by atoms with Gasteiger partial charge in [0.1, 0.15) is 11.5 Å². The summed E-state index contributed by atoms with van der Waals surface area (Å²) in [6.07, 6.45) is 5.53. The molecular weight excluding hydrogens is 376 g/mol. The molecule has 138 valence electrons. The van der Waals surface area contributed by atoms with E-state index < -0.39 is 0 Å². The largest absolute Gasteiger partial charge is 0.356 e. The first kappa shape index (κ1) is 18.3. The van der Waals surface area contributed by atoms with Crippen molar-refractivity contribution in [2.24, 2.45) is 0 Å². The smallest absolute Gasteiger partial charge is 0.180 e. The van der Waals surface area contributed by atoms with E-state index in [1.807, 2.05) is 42.5 Å². The van der Waals surface area contributed by atoms with Crippen molar-refractivity contribution in [3.05, 3.63) is 65.4 Å². The van der Waals surface area contributed by atoms with Crippen LogP contribution in [0.15, 0.2) is 59.6 Å². The lowest BCUT2D eigenvalue weighted by atomic mass is 10.1. The third-order valence-corrected chi connectivity index (χ3v) is 5.84. The number of halogens is 1. The predicted octanol–water partition coefficient (Wildman–Crippen LogP) is 5.47. The van der Waals surface area contributed by atoms with Gasteiger partial charge in [0.15, 0.2) is 5.82 Å². The van der Waals surface area contributed by atoms with Crippen molar-refractivity contribution in [1.82, 2.24) is 15.0 Å². The molecule has 3 aromatic rings. The van der Waals surface area contributed by atoms with E-state index in [0.29, 0.717) is 5.82 Å². The zero-order valence-electron chi connectivity index (χ0n) is 15.0. The Labute approximate surface area is 169 Å². The Bertz CT molecular complexity index is 880. The lowest BCUT2D eigenvalue weighted by Crippen LogP contribution is -2.30. The van der Waals surface area contributed by atoms with Crippen LogP contribution in [-0.2, 0) is 5.75 Å². The summed E-state index contributed by atoms with van der Waals surface area (Å²) in [6.45, 7) is 2.12. The molecule has 0 N–H and O–H groups in total. The summed E-state index contributed by atoms with van der Waals surface area (Å²) < 4.78 is 0. The molecule has 0 unspecified atom stereocenters. The van der Waals surface area contributed by atoms with Crippen molar-refractivity contribution >= 4 is 29.2 Å². The zero-order valence-corrected chi connectivity index (χ0v) is 16.6. The molecule has 1 saturated heterocycles. The van der Waals surface area contributed by atoms with E-state index in [-0.39, 0.29) is 0 Å². The van der Waals surface area contributed by atoms with Crippen LogP contribution in [-0.4, -0.2) is 28.0 Å². The van der Waals surface area contributed by atoms with Crippen molar-refractivity contribution in [1.29, 1.82) is 0 Å². The van der Waals surface area contributed by atoms with Crippen LogP contribution in [0.1, 0.15) is 25.0 Å². The van der Waals surface area contributed by atoms with Crippen LogP contribution in [0, 0.1) is 0 Å². The van der Waals surface area contributed by atoms with Gasteiger partial charge in [0.25, 0.3) is 0 Å². The maximum atomic E-state index is 5.98. The molecule has 0 spiro atoms. The van der Waals surface area contributed by atoms with Crippen molar-refractivity contribution in [3.63, 3.8) is 0 Å². The summed E-state index contributed by atoms with van der Waals surface area (Å²) in [4.78, 5) is 17.6. The van der Waals surface area contributed by atoms with Gasteiger partial charge in [-0.3, -0.25) is 4.98 Å². The minimum atomic E-state index is 0.699. The van der Waals surface area contributed by atoms with Crippen molar-refractivity contribution in [2.45, 2.75) is 29.9 Å². The second kappa shape index (κ2) is 8.72. The molecular formula is C21H21ClN4S. The average molecular weight is 397 g/mol. The van der Waals surface area contributed by atoms with E-state index >= 15 is 0 Å². The third-order valence-electron chi connectivity index (χ3n) is 4.54. The fraction of sp³-hybridized carbons (Fsp3) is 0.286. The maximum absolute atomic E-state index is 5.98. The highest BCUT2D eigenvalue weighted by molar-refractivity contribution is 7.98. The lowest BCUT2D eigenvalue weighted by molar-refractivity contribution is 0.573. The Morgan fingerprint density at radius 1 is 0.963 bits per heavy atom. The molecule has 1 aromatic carbocycles. The predicted molar refractivity (Wildman–Crippen MR) is 112 cm³/mol. The molecule has 4 rings (SSSR count). The summed E-state index contributed by atoms with van der Waals surface area (Å²) in [5.41, 5.74) is 1.83. The number of benzene rings is 1. The number of pyridine rings is 1. The molecule has 0 amide bonds. The Kier molecular flexibility index (Phi) is 5.90. The van der Waals surface area contributed by atoms with E-state index in [2.05, 4.69) is 16.0 Å². The van der Waals surface area contributed by atoms with Gasteiger partial charge in [-0.05, 0) is 55.7 Å². The lowest BCUT2D eigenvalue weighted by Gasteiger charge is -2.28. The molecule has 1 aliphatic rings. The highest BCUT2D eigenvalue weighted by Crippen LogP contribution is 2.27. The van der Waals surface area contributed by atoms with Crippen LogP contribution in [0.2, 0.25) is 5.02 Å². The van der Waals surface area contributed by atoms with E-state index in [0.717, 1.165) is 41.1 Å². The first-order valence-corrected chi connectivity index (χ1v) is 10.6. The van der Waals surface area contributed by atoms with E-state index in [1.165, 1.54) is 24.2 Å². The van der Waals surface area contributed by atoms with E-state index in [1.54, 1.807) is 18.0 Å². The van der Waals surface area contributed by atoms with Gasteiger partial charge in [0, 0.05) is 41.0 Å². The molecule has 0 atom stereocenters. The molecule has 6 heteroatoms. The molecule has 0 saturated carbocycles. The van der Waals surface area contributed by atoms with Crippen molar-refractivity contribution < 1.29 is 0 Å². The van der Waals surface area contributed by atoms with Crippen LogP contribution < -0.4 is 4.90 Å². The van der Waals surface area contributed by atoms with Crippen LogP contribution in [0.3, 0.4) is 0 Å². The van der Waals surface area contributed by atoms with Crippen LogP contribution >= 0.6 is 23.4 Å². The second-order valence-corrected chi connectivity index (χ2v) is 8.03. The normalized spacial score (nSPS) is 14.3. The standard InChI is InChI=1S/C21H21ClN4S/c22-16-7-9-18(10-8-16)27-15-17-14-20(26-12-4-1-5-13-26)25-21(24-17)19-6-2-3-11-23-19/h2-3,6-11,14H,1,4-5,12-13,15H2. The number of hydrogen-bond acceptors (Lipinski definition) is 5. The topological polar surface area (TPSA) is 41.9 Å². The van der Waals surface area contributed by atoms with Crippen molar-refractivity contribution in [2.75, 3.05) is 18.0 Å². The first-order chi connectivity index (χ1) is 13.3. The van der Waals surface area contributed by atoms with Crippen LogP contribution in [0.25, 0.3) is 11.5 Å². The summed E-state index contributed by atoms with van der Waals surface area (Å²) in [5, 5.41) is 0.756. The number of aromatic nitrogens is 3. The first-order valence-electron chi connectivity index (χ1n) is 9.21. The Morgan fingerprint density at radius 2 is 1.78 bits per heavy atom. The minimum Gasteiger partial charge on any atom is -0.356 e. The summed E-state index contributed by atoms with van der Waals surface area (Å²) in [6, 6.07) is 15.9. The number of hydrogen-bond donors (Lipinski definition) is 0. The highest BCUT2D eigenvalue weighted by Gasteiger charge is 2.16. The van der Waals surface area contributed by atoms with Gasteiger partial charge in [-0.15, -0.1) is 11.8 Å². The third kappa shape index (κ3) is 4.79. The summed E-state index contributed by atoms with van der Waals surface area (Å²) >= 11 is 7.74. The van der Waals surface area contributed by atoms with Gasteiger partial charge < -0.3 is 4.90 Å². The quantitative estimate of drug-likeness (QED) is 0.534. The van der Waals surface area contributed by atoms with Gasteiger partial charge in [-0.25, -0.2) is 9.97 Å². The molecule has 27 heavy (non-hydrogen) atoms. The minimum absolute atomic E-state index is 0.699. The van der Waals surface area contributed by atoms with Crippen molar-refractivity contribution in [3.8, 4) is 11.5 Å². The van der Waals surface area contributed by atoms with Gasteiger partial charge in [-0.2, -0.15) is 0 Å². The summed E-state index contributed by atoms with van der Waals surface area (Å²) in [7, 11) is 0. The van der Waals surface area contributed by atoms with Gasteiger partial charge in [-0.1, -0.05) is 17.7 Å². The summed E-state index contributed by atoms with van der Waals surface area (Å²) in [5.74, 6) is 2.49. The Morgan fingerprint density at radius 3 is 2.52 bits per heavy atom. The second-order valence-electron chi connectivity index (χ2n) is 6.55. The van der Waals surface area contributed by atoms with Crippen LogP contribution in [0.5, 0.6) is 0 Å². The average Bonchev–Trinajstić information content (AvgIpc) is 2.74. The molecule has 0 bridgehead atoms. The maximum Gasteiger partial charge on any atom is 0.180 e. The zero-order chi connectivity index (χ0) is 18.5. The fourth-order valence-corrected chi connectivity index (χ4v) is 4.06.